The van der Waals surface area contributed by atoms with E-state index in [9.17, 15) is 18.7 Å². The fourth-order valence-corrected chi connectivity index (χ4v) is 2.83. The van der Waals surface area contributed by atoms with E-state index < -0.39 is 29.6 Å². The predicted molar refractivity (Wildman–Crippen MR) is 76.7 cm³/mol. The number of carbonyl (C=O) groups excluding carboxylic acids is 1. The zero-order chi connectivity index (χ0) is 15.2. The Labute approximate surface area is 127 Å². The van der Waals surface area contributed by atoms with Gasteiger partial charge in [0, 0.05) is 23.2 Å². The topological polar surface area (TPSA) is 49.3 Å². The molecule has 0 aliphatic carbocycles. The normalized spacial score (nSPS) is 20.3. The van der Waals surface area contributed by atoms with Crippen LogP contribution in [-0.2, 0) is 16.8 Å². The first kappa shape index (κ1) is 14.2. The molecule has 2 aromatic rings. The van der Waals surface area contributed by atoms with Gasteiger partial charge in [0.25, 0.3) is 5.91 Å². The van der Waals surface area contributed by atoms with Gasteiger partial charge < -0.3 is 10.4 Å². The van der Waals surface area contributed by atoms with E-state index >= 15 is 0 Å². The van der Waals surface area contributed by atoms with E-state index in [1.54, 1.807) is 24.3 Å². The van der Waals surface area contributed by atoms with Crippen LogP contribution in [0.15, 0.2) is 40.9 Å². The number of halogens is 3. The molecule has 1 aliphatic heterocycles. The number of amides is 1. The molecule has 1 aliphatic rings. The summed E-state index contributed by atoms with van der Waals surface area (Å²) in [5, 5.41) is 13.2. The summed E-state index contributed by atoms with van der Waals surface area (Å²) in [4.78, 5) is 12.0. The molecule has 0 saturated heterocycles. The molecule has 0 spiro atoms. The van der Waals surface area contributed by atoms with Crippen molar-refractivity contribution < 1.29 is 18.7 Å². The third-order valence-corrected chi connectivity index (χ3v) is 4.18. The predicted octanol–water partition coefficient (Wildman–Crippen LogP) is 3.11. The van der Waals surface area contributed by atoms with Crippen molar-refractivity contribution in [3.63, 3.8) is 0 Å². The second-order valence-electron chi connectivity index (χ2n) is 4.86. The maximum Gasteiger partial charge on any atom is 0.261 e. The average molecular weight is 354 g/mol. The van der Waals surface area contributed by atoms with E-state index in [4.69, 9.17) is 0 Å². The van der Waals surface area contributed by atoms with E-state index in [-0.39, 0.29) is 10.0 Å². The Hall–Kier alpha value is -1.79. The van der Waals surface area contributed by atoms with Gasteiger partial charge in [0.05, 0.1) is 4.47 Å². The van der Waals surface area contributed by atoms with Crippen molar-refractivity contribution in [2.45, 2.75) is 12.0 Å². The first-order valence-corrected chi connectivity index (χ1v) is 6.98. The second-order valence-corrected chi connectivity index (χ2v) is 5.71. The first-order chi connectivity index (χ1) is 9.93. The van der Waals surface area contributed by atoms with Gasteiger partial charge in [-0.05, 0) is 34.1 Å². The van der Waals surface area contributed by atoms with E-state index in [1.807, 2.05) is 0 Å². The van der Waals surface area contributed by atoms with Crippen molar-refractivity contribution in [3.8, 4) is 0 Å². The van der Waals surface area contributed by atoms with Crippen LogP contribution in [0.4, 0.5) is 14.5 Å². The SMILES string of the molecule is O=C1Nc2ccccc2C1(O)Cc1c(F)ccc(Br)c1F. The number of anilines is 1. The number of rotatable bonds is 2. The lowest BCUT2D eigenvalue weighted by Gasteiger charge is -2.21. The summed E-state index contributed by atoms with van der Waals surface area (Å²) in [7, 11) is 0. The van der Waals surface area contributed by atoms with E-state index in [0.29, 0.717) is 11.3 Å². The smallest absolute Gasteiger partial charge is 0.261 e. The Balaban J connectivity index is 2.10. The number of benzene rings is 2. The molecule has 1 atom stereocenters. The molecule has 1 heterocycles. The molecule has 108 valence electrons. The zero-order valence-electron chi connectivity index (χ0n) is 10.7. The van der Waals surface area contributed by atoms with Crippen LogP contribution in [0.5, 0.6) is 0 Å². The van der Waals surface area contributed by atoms with Crippen molar-refractivity contribution in [1.82, 2.24) is 0 Å². The Bertz CT molecular complexity index is 750. The van der Waals surface area contributed by atoms with Gasteiger partial charge in [-0.2, -0.15) is 0 Å². The summed E-state index contributed by atoms with van der Waals surface area (Å²) in [6.07, 6.45) is -0.479. The lowest BCUT2D eigenvalue weighted by Crippen LogP contribution is -2.37. The highest BCUT2D eigenvalue weighted by molar-refractivity contribution is 9.10. The largest absolute Gasteiger partial charge is 0.375 e. The summed E-state index contributed by atoms with van der Waals surface area (Å²) in [6.45, 7) is 0. The molecule has 6 heteroatoms. The van der Waals surface area contributed by atoms with Gasteiger partial charge in [0.2, 0.25) is 0 Å². The number of aliphatic hydroxyl groups is 1. The molecule has 3 rings (SSSR count). The van der Waals surface area contributed by atoms with Crippen LogP contribution in [-0.4, -0.2) is 11.0 Å². The van der Waals surface area contributed by atoms with E-state index in [1.165, 1.54) is 6.07 Å². The van der Waals surface area contributed by atoms with Crippen LogP contribution < -0.4 is 5.32 Å². The molecule has 0 saturated carbocycles. The molecule has 0 radical (unpaired) electrons. The molecule has 0 fully saturated rings. The molecule has 2 N–H and O–H groups in total. The molecule has 1 amide bonds. The highest BCUT2D eigenvalue weighted by Gasteiger charge is 2.46. The molecular formula is C15H10BrF2NO2. The van der Waals surface area contributed by atoms with Crippen molar-refractivity contribution in [2.24, 2.45) is 0 Å². The van der Waals surface area contributed by atoms with Crippen molar-refractivity contribution >= 4 is 27.5 Å². The highest BCUT2D eigenvalue weighted by Crippen LogP contribution is 2.39. The third-order valence-electron chi connectivity index (χ3n) is 3.57. The number of para-hydroxylation sites is 1. The lowest BCUT2D eigenvalue weighted by atomic mass is 9.88. The Kier molecular flexibility index (Phi) is 3.30. The van der Waals surface area contributed by atoms with Gasteiger partial charge in [-0.1, -0.05) is 18.2 Å². The quantitative estimate of drug-likeness (QED) is 0.815. The minimum atomic E-state index is -1.99. The molecule has 2 aromatic carbocycles. The summed E-state index contributed by atoms with van der Waals surface area (Å²) < 4.78 is 28.0. The van der Waals surface area contributed by atoms with Gasteiger partial charge in [0.15, 0.2) is 5.60 Å². The second kappa shape index (κ2) is 4.89. The standard InChI is InChI=1S/C15H10BrF2NO2/c16-10-5-6-11(17)8(13(10)18)7-15(21)9-3-1-2-4-12(9)19-14(15)20/h1-6,21H,7H2,(H,19,20). The third kappa shape index (κ3) is 2.15. The molecule has 21 heavy (non-hydrogen) atoms. The maximum atomic E-state index is 14.1. The van der Waals surface area contributed by atoms with Crippen LogP contribution >= 0.6 is 15.9 Å². The van der Waals surface area contributed by atoms with Gasteiger partial charge in [-0.25, -0.2) is 8.78 Å². The van der Waals surface area contributed by atoms with Gasteiger partial charge in [-0.3, -0.25) is 4.79 Å². The molecule has 3 nitrogen and oxygen atoms in total. The van der Waals surface area contributed by atoms with Crippen LogP contribution in [0, 0.1) is 11.6 Å². The fraction of sp³-hybridized carbons (Fsp3) is 0.133. The lowest BCUT2D eigenvalue weighted by molar-refractivity contribution is -0.133. The average Bonchev–Trinajstić information content (AvgIpc) is 2.72. The van der Waals surface area contributed by atoms with Crippen LogP contribution in [0.25, 0.3) is 0 Å². The fourth-order valence-electron chi connectivity index (χ4n) is 2.46. The zero-order valence-corrected chi connectivity index (χ0v) is 12.2. The van der Waals surface area contributed by atoms with Crippen molar-refractivity contribution in [1.29, 1.82) is 0 Å². The van der Waals surface area contributed by atoms with Crippen LogP contribution in [0.3, 0.4) is 0 Å². The Morgan fingerprint density at radius 1 is 1.19 bits per heavy atom. The van der Waals surface area contributed by atoms with Crippen LogP contribution in [0.1, 0.15) is 11.1 Å². The highest BCUT2D eigenvalue weighted by atomic mass is 79.9. The number of fused-ring (bicyclic) bond motifs is 1. The first-order valence-electron chi connectivity index (χ1n) is 6.19. The van der Waals surface area contributed by atoms with E-state index in [0.717, 1.165) is 6.07 Å². The molecule has 1 unspecified atom stereocenters. The number of carbonyl (C=O) groups is 1. The Morgan fingerprint density at radius 2 is 1.90 bits per heavy atom. The molecule has 0 bridgehead atoms. The monoisotopic (exact) mass is 353 g/mol. The van der Waals surface area contributed by atoms with Gasteiger partial charge >= 0.3 is 0 Å². The number of hydrogen-bond donors (Lipinski definition) is 2. The van der Waals surface area contributed by atoms with E-state index in [2.05, 4.69) is 21.2 Å². The number of nitrogens with one attached hydrogen (secondary N) is 1. The molecule has 0 aromatic heterocycles. The molecular weight excluding hydrogens is 344 g/mol. The van der Waals surface area contributed by atoms with Gasteiger partial charge in [0.1, 0.15) is 11.6 Å². The van der Waals surface area contributed by atoms with Crippen molar-refractivity contribution in [2.75, 3.05) is 5.32 Å². The summed E-state index contributed by atoms with van der Waals surface area (Å²) in [5.74, 6) is -2.32. The number of hydrogen-bond acceptors (Lipinski definition) is 2. The summed E-state index contributed by atoms with van der Waals surface area (Å²) in [6, 6.07) is 8.86. The van der Waals surface area contributed by atoms with Crippen molar-refractivity contribution in [3.05, 3.63) is 63.6 Å². The van der Waals surface area contributed by atoms with Gasteiger partial charge in [-0.15, -0.1) is 0 Å². The minimum Gasteiger partial charge on any atom is -0.375 e. The Morgan fingerprint density at radius 3 is 2.67 bits per heavy atom. The summed E-state index contributed by atoms with van der Waals surface area (Å²) in [5.41, 5.74) is -1.56. The minimum absolute atomic E-state index is 0.0780. The maximum absolute atomic E-state index is 14.1. The summed E-state index contributed by atoms with van der Waals surface area (Å²) >= 11 is 2.97. The van der Waals surface area contributed by atoms with Crippen LogP contribution in [0.2, 0.25) is 0 Å².